The zero-order chi connectivity index (χ0) is 19.3. The molecule has 0 saturated heterocycles. The van der Waals surface area contributed by atoms with Gasteiger partial charge < -0.3 is 4.74 Å². The maximum Gasteiger partial charge on any atom is 0.149 e. The van der Waals surface area contributed by atoms with E-state index in [-0.39, 0.29) is 5.60 Å². The number of fused-ring (bicyclic) bond motifs is 2. The first kappa shape index (κ1) is 17.3. The molecular formula is C24H21ClN2O. The average Bonchev–Trinajstić information content (AvgIpc) is 3.07. The molecule has 0 bridgehead atoms. The van der Waals surface area contributed by atoms with Crippen LogP contribution in [0, 0.1) is 0 Å². The predicted octanol–water partition coefficient (Wildman–Crippen LogP) is 6.45. The fourth-order valence-electron chi connectivity index (χ4n) is 3.93. The molecule has 3 nitrogen and oxygen atoms in total. The second-order valence-electron chi connectivity index (χ2n) is 7.90. The Kier molecular flexibility index (Phi) is 3.95. The molecular weight excluding hydrogens is 368 g/mol. The van der Waals surface area contributed by atoms with Gasteiger partial charge in [0.25, 0.3) is 0 Å². The zero-order valence-electron chi connectivity index (χ0n) is 15.9. The highest BCUT2D eigenvalue weighted by Crippen LogP contribution is 2.43. The van der Waals surface area contributed by atoms with Crippen LogP contribution in [0.1, 0.15) is 25.8 Å². The number of aryl methyl sites for hydroxylation is 1. The molecule has 0 spiro atoms. The van der Waals surface area contributed by atoms with Gasteiger partial charge in [0.15, 0.2) is 0 Å². The normalized spacial score (nSPS) is 15.2. The SMILES string of the molecule is CC1(C)CCc2cc(Cl)cc(-c3nc4ccccc4n3-c3ccccc3)c2O1. The number of aromatic nitrogens is 2. The smallest absolute Gasteiger partial charge is 0.149 e. The van der Waals surface area contributed by atoms with Crippen molar-refractivity contribution in [3.05, 3.63) is 77.3 Å². The fraction of sp³-hybridized carbons (Fsp3) is 0.208. The summed E-state index contributed by atoms with van der Waals surface area (Å²) in [5.74, 6) is 1.75. The molecule has 5 rings (SSSR count). The van der Waals surface area contributed by atoms with Crippen LogP contribution in [-0.2, 0) is 6.42 Å². The van der Waals surface area contributed by atoms with E-state index in [4.69, 9.17) is 21.3 Å². The third kappa shape index (κ3) is 2.87. The van der Waals surface area contributed by atoms with Crippen LogP contribution in [0.25, 0.3) is 28.1 Å². The Labute approximate surface area is 169 Å². The Morgan fingerprint density at radius 1 is 1.00 bits per heavy atom. The molecule has 1 aliphatic heterocycles. The molecule has 4 heteroatoms. The summed E-state index contributed by atoms with van der Waals surface area (Å²) >= 11 is 6.51. The minimum Gasteiger partial charge on any atom is -0.487 e. The molecule has 0 aliphatic carbocycles. The summed E-state index contributed by atoms with van der Waals surface area (Å²) in [6.45, 7) is 4.27. The number of halogens is 1. The van der Waals surface area contributed by atoms with Crippen molar-refractivity contribution in [1.29, 1.82) is 0 Å². The van der Waals surface area contributed by atoms with Crippen LogP contribution < -0.4 is 4.74 Å². The number of hydrogen-bond donors (Lipinski definition) is 0. The summed E-state index contributed by atoms with van der Waals surface area (Å²) in [6, 6.07) is 22.5. The minimum absolute atomic E-state index is 0.209. The van der Waals surface area contributed by atoms with Crippen LogP contribution in [-0.4, -0.2) is 15.2 Å². The summed E-state index contributed by atoms with van der Waals surface area (Å²) in [7, 11) is 0. The first-order valence-corrected chi connectivity index (χ1v) is 9.94. The van der Waals surface area contributed by atoms with Crippen molar-refractivity contribution in [2.45, 2.75) is 32.3 Å². The molecule has 0 radical (unpaired) electrons. The van der Waals surface area contributed by atoms with Crippen LogP contribution in [0.4, 0.5) is 0 Å². The number of imidazole rings is 1. The molecule has 0 amide bonds. The van der Waals surface area contributed by atoms with Crippen LogP contribution in [0.2, 0.25) is 5.02 Å². The van der Waals surface area contributed by atoms with Gasteiger partial charge in [0.05, 0.1) is 16.6 Å². The highest BCUT2D eigenvalue weighted by atomic mass is 35.5. The van der Waals surface area contributed by atoms with E-state index in [1.165, 1.54) is 0 Å². The topological polar surface area (TPSA) is 27.1 Å². The van der Waals surface area contributed by atoms with Gasteiger partial charge in [-0.2, -0.15) is 0 Å². The summed E-state index contributed by atoms with van der Waals surface area (Å²) in [5, 5.41) is 0.712. The summed E-state index contributed by atoms with van der Waals surface area (Å²) < 4.78 is 8.62. The van der Waals surface area contributed by atoms with Crippen molar-refractivity contribution in [2.24, 2.45) is 0 Å². The van der Waals surface area contributed by atoms with Gasteiger partial charge in [-0.15, -0.1) is 0 Å². The lowest BCUT2D eigenvalue weighted by atomic mass is 9.92. The third-order valence-corrected chi connectivity index (χ3v) is 5.54. The third-order valence-electron chi connectivity index (χ3n) is 5.32. The fourth-order valence-corrected chi connectivity index (χ4v) is 4.17. The second-order valence-corrected chi connectivity index (χ2v) is 8.33. The number of rotatable bonds is 2. The zero-order valence-corrected chi connectivity index (χ0v) is 16.7. The summed E-state index contributed by atoms with van der Waals surface area (Å²) in [6.07, 6.45) is 1.91. The van der Waals surface area contributed by atoms with Gasteiger partial charge in [-0.3, -0.25) is 4.57 Å². The molecule has 28 heavy (non-hydrogen) atoms. The second kappa shape index (κ2) is 6.39. The van der Waals surface area contributed by atoms with Gasteiger partial charge in [0, 0.05) is 10.7 Å². The largest absolute Gasteiger partial charge is 0.487 e. The van der Waals surface area contributed by atoms with Crippen molar-refractivity contribution in [3.8, 4) is 22.8 Å². The minimum atomic E-state index is -0.209. The number of para-hydroxylation sites is 3. The lowest BCUT2D eigenvalue weighted by molar-refractivity contribution is 0.0854. The molecule has 0 atom stereocenters. The van der Waals surface area contributed by atoms with Gasteiger partial charge in [-0.25, -0.2) is 4.98 Å². The van der Waals surface area contributed by atoms with E-state index in [2.05, 4.69) is 36.6 Å². The van der Waals surface area contributed by atoms with Gasteiger partial charge in [0.1, 0.15) is 17.2 Å². The molecule has 0 saturated carbocycles. The quantitative estimate of drug-likeness (QED) is 0.394. The first-order valence-electron chi connectivity index (χ1n) is 9.57. The molecule has 1 aromatic heterocycles. The van der Waals surface area contributed by atoms with Gasteiger partial charge >= 0.3 is 0 Å². The molecule has 0 N–H and O–H groups in total. The van der Waals surface area contributed by atoms with Crippen molar-refractivity contribution in [2.75, 3.05) is 0 Å². The van der Waals surface area contributed by atoms with Crippen LogP contribution in [0.5, 0.6) is 5.75 Å². The highest BCUT2D eigenvalue weighted by Gasteiger charge is 2.30. The van der Waals surface area contributed by atoms with Gasteiger partial charge in [-0.05, 0) is 68.7 Å². The van der Waals surface area contributed by atoms with Crippen molar-refractivity contribution >= 4 is 22.6 Å². The Balaban J connectivity index is 1.83. The maximum absolute atomic E-state index is 6.51. The van der Waals surface area contributed by atoms with Crippen molar-refractivity contribution in [1.82, 2.24) is 9.55 Å². The molecule has 0 unspecified atom stereocenters. The average molecular weight is 389 g/mol. The Hall–Kier alpha value is -2.78. The lowest BCUT2D eigenvalue weighted by Gasteiger charge is -2.34. The molecule has 4 aromatic rings. The number of benzene rings is 3. The van der Waals surface area contributed by atoms with E-state index in [1.807, 2.05) is 48.5 Å². The maximum atomic E-state index is 6.51. The van der Waals surface area contributed by atoms with Gasteiger partial charge in [-0.1, -0.05) is 41.9 Å². The molecule has 0 fully saturated rings. The molecule has 140 valence electrons. The molecule has 3 aromatic carbocycles. The number of hydrogen-bond acceptors (Lipinski definition) is 2. The van der Waals surface area contributed by atoms with E-state index in [0.717, 1.165) is 52.3 Å². The van der Waals surface area contributed by atoms with E-state index < -0.39 is 0 Å². The summed E-state index contributed by atoms with van der Waals surface area (Å²) in [5.41, 5.74) is 4.95. The van der Waals surface area contributed by atoms with Gasteiger partial charge in [0.2, 0.25) is 0 Å². The van der Waals surface area contributed by atoms with E-state index in [0.29, 0.717) is 5.02 Å². The number of ether oxygens (including phenoxy) is 1. The highest BCUT2D eigenvalue weighted by molar-refractivity contribution is 6.31. The first-order chi connectivity index (χ1) is 13.5. The van der Waals surface area contributed by atoms with Crippen molar-refractivity contribution < 1.29 is 4.74 Å². The van der Waals surface area contributed by atoms with E-state index in [1.54, 1.807) is 0 Å². The van der Waals surface area contributed by atoms with Crippen molar-refractivity contribution in [3.63, 3.8) is 0 Å². The standard InChI is InChI=1S/C24H21ClN2O/c1-24(2)13-12-16-14-17(25)15-19(22(16)28-24)23-26-20-10-6-7-11-21(20)27(23)18-8-4-3-5-9-18/h3-11,14-15H,12-13H2,1-2H3. The van der Waals surface area contributed by atoms with E-state index in [9.17, 15) is 0 Å². The lowest BCUT2D eigenvalue weighted by Crippen LogP contribution is -2.33. The van der Waals surface area contributed by atoms with Crippen LogP contribution in [0.15, 0.2) is 66.7 Å². The Bertz CT molecular complexity index is 1180. The molecule has 1 aliphatic rings. The summed E-state index contributed by atoms with van der Waals surface area (Å²) in [4.78, 5) is 4.98. The van der Waals surface area contributed by atoms with Crippen LogP contribution in [0.3, 0.4) is 0 Å². The Morgan fingerprint density at radius 2 is 1.75 bits per heavy atom. The van der Waals surface area contributed by atoms with Crippen LogP contribution >= 0.6 is 11.6 Å². The Morgan fingerprint density at radius 3 is 2.57 bits per heavy atom. The van der Waals surface area contributed by atoms with E-state index >= 15 is 0 Å². The monoisotopic (exact) mass is 388 g/mol. The number of nitrogens with zero attached hydrogens (tertiary/aromatic N) is 2. The predicted molar refractivity (Wildman–Crippen MR) is 115 cm³/mol. The molecule has 2 heterocycles.